The van der Waals surface area contributed by atoms with E-state index in [0.29, 0.717) is 6.04 Å². The van der Waals surface area contributed by atoms with Gasteiger partial charge in [0.05, 0.1) is 5.69 Å². The van der Waals surface area contributed by atoms with Crippen molar-refractivity contribution in [1.82, 2.24) is 0 Å². The number of hydrogen-bond acceptors (Lipinski definition) is 3. The Labute approximate surface area is 116 Å². The molecule has 4 heteroatoms. The Morgan fingerprint density at radius 2 is 2.29 bits per heavy atom. The van der Waals surface area contributed by atoms with Crippen molar-refractivity contribution in [3.05, 3.63) is 28.2 Å². The molecule has 2 N–H and O–H groups in total. The van der Waals surface area contributed by atoms with Crippen molar-refractivity contribution in [3.8, 4) is 0 Å². The molecule has 94 valence electrons. The molecule has 2 unspecified atom stereocenters. The highest BCUT2D eigenvalue weighted by molar-refractivity contribution is 9.10. The second kappa shape index (κ2) is 5.63. The summed E-state index contributed by atoms with van der Waals surface area (Å²) in [5.41, 5.74) is 8.37. The lowest BCUT2D eigenvalue weighted by atomic mass is 10.1. The van der Waals surface area contributed by atoms with Crippen LogP contribution in [0.4, 0.5) is 5.69 Å². The van der Waals surface area contributed by atoms with Gasteiger partial charge in [-0.3, -0.25) is 0 Å². The van der Waals surface area contributed by atoms with Crippen molar-refractivity contribution in [2.75, 3.05) is 23.0 Å². The Bertz CT molecular complexity index is 395. The van der Waals surface area contributed by atoms with E-state index >= 15 is 0 Å². The first-order valence-electron chi connectivity index (χ1n) is 5.99. The molecule has 17 heavy (non-hydrogen) atoms. The minimum atomic E-state index is 0.0923. The number of rotatable bonds is 2. The molecule has 2 rings (SSSR count). The van der Waals surface area contributed by atoms with Crippen LogP contribution in [0.5, 0.6) is 0 Å². The van der Waals surface area contributed by atoms with Crippen molar-refractivity contribution in [3.63, 3.8) is 0 Å². The molecule has 0 spiro atoms. The molecule has 0 amide bonds. The van der Waals surface area contributed by atoms with Gasteiger partial charge >= 0.3 is 0 Å². The predicted molar refractivity (Wildman–Crippen MR) is 80.9 cm³/mol. The fraction of sp³-hybridized carbons (Fsp3) is 0.538. The van der Waals surface area contributed by atoms with E-state index < -0.39 is 0 Å². The van der Waals surface area contributed by atoms with Crippen LogP contribution >= 0.6 is 27.7 Å². The van der Waals surface area contributed by atoms with Crippen molar-refractivity contribution >= 4 is 33.4 Å². The number of nitrogens with zero attached hydrogens (tertiary/aromatic N) is 1. The summed E-state index contributed by atoms with van der Waals surface area (Å²) in [5.74, 6) is 2.42. The van der Waals surface area contributed by atoms with Crippen LogP contribution in [0.15, 0.2) is 22.7 Å². The Balaban J connectivity index is 2.26. The third-order valence-corrected chi connectivity index (χ3v) is 5.00. The summed E-state index contributed by atoms with van der Waals surface area (Å²) in [6.07, 6.45) is 0. The molecule has 1 fully saturated rings. The van der Waals surface area contributed by atoms with Crippen LogP contribution < -0.4 is 10.6 Å². The smallest absolute Gasteiger partial charge is 0.0513 e. The summed E-state index contributed by atoms with van der Waals surface area (Å²) in [7, 11) is 0. The maximum Gasteiger partial charge on any atom is 0.0513 e. The first-order valence-corrected chi connectivity index (χ1v) is 7.94. The highest BCUT2D eigenvalue weighted by Gasteiger charge is 2.20. The average Bonchev–Trinajstić information content (AvgIpc) is 2.30. The Kier molecular flexibility index (Phi) is 4.39. The van der Waals surface area contributed by atoms with E-state index in [2.05, 4.69) is 46.0 Å². The van der Waals surface area contributed by atoms with Crippen molar-refractivity contribution in [1.29, 1.82) is 0 Å². The summed E-state index contributed by atoms with van der Waals surface area (Å²) in [4.78, 5) is 2.48. The maximum absolute atomic E-state index is 5.90. The molecule has 0 aliphatic carbocycles. The zero-order chi connectivity index (χ0) is 12.4. The van der Waals surface area contributed by atoms with Crippen LogP contribution in [0.1, 0.15) is 25.5 Å². The lowest BCUT2D eigenvalue weighted by Gasteiger charge is -2.35. The van der Waals surface area contributed by atoms with Gasteiger partial charge in [-0.15, -0.1) is 0 Å². The first kappa shape index (κ1) is 13.2. The van der Waals surface area contributed by atoms with Crippen molar-refractivity contribution < 1.29 is 0 Å². The van der Waals surface area contributed by atoms with E-state index in [1.807, 2.05) is 18.7 Å². The van der Waals surface area contributed by atoms with E-state index in [-0.39, 0.29) is 6.04 Å². The highest BCUT2D eigenvalue weighted by Crippen LogP contribution is 2.32. The van der Waals surface area contributed by atoms with Gasteiger partial charge in [-0.05, 0) is 47.5 Å². The fourth-order valence-electron chi connectivity index (χ4n) is 2.12. The number of hydrogen-bond donors (Lipinski definition) is 1. The van der Waals surface area contributed by atoms with E-state index in [1.165, 1.54) is 22.8 Å². The molecular weight excluding hydrogens is 296 g/mol. The summed E-state index contributed by atoms with van der Waals surface area (Å²) >= 11 is 5.71. The van der Waals surface area contributed by atoms with Crippen molar-refractivity contribution in [2.45, 2.75) is 25.9 Å². The molecule has 1 aromatic carbocycles. The Hall–Kier alpha value is -0.190. The van der Waals surface area contributed by atoms with Crippen LogP contribution in [0.25, 0.3) is 0 Å². The number of benzene rings is 1. The van der Waals surface area contributed by atoms with Crippen LogP contribution in [0.3, 0.4) is 0 Å². The summed E-state index contributed by atoms with van der Waals surface area (Å²) < 4.78 is 1.16. The molecule has 1 heterocycles. The highest BCUT2D eigenvalue weighted by atomic mass is 79.9. The molecule has 2 atom stereocenters. The van der Waals surface area contributed by atoms with E-state index in [4.69, 9.17) is 5.73 Å². The average molecular weight is 315 g/mol. The van der Waals surface area contributed by atoms with Gasteiger partial charge in [-0.1, -0.05) is 6.07 Å². The predicted octanol–water partition coefficient (Wildman–Crippen LogP) is 3.41. The third-order valence-electron chi connectivity index (χ3n) is 3.17. The fourth-order valence-corrected chi connectivity index (χ4v) is 3.76. The largest absolute Gasteiger partial charge is 0.366 e. The topological polar surface area (TPSA) is 29.3 Å². The first-order chi connectivity index (χ1) is 8.09. The van der Waals surface area contributed by atoms with E-state index in [9.17, 15) is 0 Å². The lowest BCUT2D eigenvalue weighted by molar-refractivity contribution is 0.698. The monoisotopic (exact) mass is 314 g/mol. The number of nitrogens with two attached hydrogens (primary N) is 1. The molecule has 1 aliphatic heterocycles. The van der Waals surface area contributed by atoms with Crippen molar-refractivity contribution in [2.24, 2.45) is 5.73 Å². The van der Waals surface area contributed by atoms with Gasteiger partial charge in [0, 0.05) is 34.6 Å². The zero-order valence-corrected chi connectivity index (χ0v) is 12.7. The van der Waals surface area contributed by atoms with Crippen LogP contribution in [-0.4, -0.2) is 24.1 Å². The summed E-state index contributed by atoms with van der Waals surface area (Å²) in [6, 6.07) is 7.17. The molecular formula is C13H19BrN2S. The molecule has 0 radical (unpaired) electrons. The third kappa shape index (κ3) is 2.98. The standard InChI is InChI=1S/C13H19BrN2S/c1-9-8-17-6-5-16(9)13-4-3-11(10(2)15)7-12(13)14/h3-4,7,9-10H,5-6,8,15H2,1-2H3. The lowest BCUT2D eigenvalue weighted by Crippen LogP contribution is -2.40. The molecule has 0 aromatic heterocycles. The maximum atomic E-state index is 5.90. The second-order valence-corrected chi connectivity index (χ2v) is 6.62. The number of halogens is 1. The summed E-state index contributed by atoms with van der Waals surface area (Å²) in [5, 5.41) is 0. The Morgan fingerprint density at radius 1 is 1.53 bits per heavy atom. The second-order valence-electron chi connectivity index (χ2n) is 4.62. The van der Waals surface area contributed by atoms with E-state index in [0.717, 1.165) is 11.0 Å². The van der Waals surface area contributed by atoms with Crippen LogP contribution in [-0.2, 0) is 0 Å². The minimum absolute atomic E-state index is 0.0923. The molecule has 0 bridgehead atoms. The molecule has 1 aliphatic rings. The van der Waals surface area contributed by atoms with Crippen LogP contribution in [0, 0.1) is 0 Å². The summed E-state index contributed by atoms with van der Waals surface area (Å²) in [6.45, 7) is 5.43. The van der Waals surface area contributed by atoms with Gasteiger partial charge in [0.2, 0.25) is 0 Å². The van der Waals surface area contributed by atoms with Gasteiger partial charge in [-0.2, -0.15) is 11.8 Å². The molecule has 0 saturated carbocycles. The molecule has 1 aromatic rings. The van der Waals surface area contributed by atoms with Gasteiger partial charge in [0.25, 0.3) is 0 Å². The van der Waals surface area contributed by atoms with Gasteiger partial charge in [0.1, 0.15) is 0 Å². The van der Waals surface area contributed by atoms with Gasteiger partial charge < -0.3 is 10.6 Å². The molecule has 2 nitrogen and oxygen atoms in total. The van der Waals surface area contributed by atoms with Gasteiger partial charge in [-0.25, -0.2) is 0 Å². The quantitative estimate of drug-likeness (QED) is 0.907. The van der Waals surface area contributed by atoms with E-state index in [1.54, 1.807) is 0 Å². The number of thioether (sulfide) groups is 1. The minimum Gasteiger partial charge on any atom is -0.366 e. The molecule has 1 saturated heterocycles. The van der Waals surface area contributed by atoms with Crippen LogP contribution in [0.2, 0.25) is 0 Å². The van der Waals surface area contributed by atoms with Gasteiger partial charge in [0.15, 0.2) is 0 Å². The normalized spacial score (nSPS) is 22.6. The Morgan fingerprint density at radius 3 is 2.88 bits per heavy atom. The number of anilines is 1. The SMILES string of the molecule is CC(N)c1ccc(N2CCSCC2C)c(Br)c1. The zero-order valence-electron chi connectivity index (χ0n) is 10.3.